The lowest BCUT2D eigenvalue weighted by atomic mass is 10.3. The van der Waals surface area contributed by atoms with E-state index in [1.165, 1.54) is 24.1 Å². The maximum atomic E-state index is 13.5. The van der Waals surface area contributed by atoms with Gasteiger partial charge in [-0.3, -0.25) is 4.79 Å². The number of halogens is 1. The smallest absolute Gasteiger partial charge is 0.261 e. The van der Waals surface area contributed by atoms with Crippen molar-refractivity contribution >= 4 is 15.9 Å². The van der Waals surface area contributed by atoms with Crippen molar-refractivity contribution in [2.24, 2.45) is 0 Å². The number of morpholine rings is 1. The summed E-state index contributed by atoms with van der Waals surface area (Å²) in [7, 11) is -4.19. The molecule has 2 rings (SSSR count). The highest BCUT2D eigenvalue weighted by Crippen LogP contribution is 2.11. The van der Waals surface area contributed by atoms with Crippen LogP contribution in [-0.4, -0.2) is 56.6 Å². The molecule has 1 N–H and O–H groups in total. The van der Waals surface area contributed by atoms with Gasteiger partial charge in [-0.25, -0.2) is 17.8 Å². The van der Waals surface area contributed by atoms with Crippen LogP contribution in [0.2, 0.25) is 0 Å². The molecular weight excluding hydrogens is 301 g/mol. The number of ether oxygens (including phenoxy) is 1. The minimum absolute atomic E-state index is 0.377. The van der Waals surface area contributed by atoms with Gasteiger partial charge in [0.1, 0.15) is 0 Å². The predicted octanol–water partition coefficient (Wildman–Crippen LogP) is -0.254. The Morgan fingerprint density at radius 3 is 2.76 bits per heavy atom. The monoisotopic (exact) mass is 317 g/mol. The molecule has 1 saturated heterocycles. The van der Waals surface area contributed by atoms with E-state index in [2.05, 4.69) is 9.71 Å². The highest BCUT2D eigenvalue weighted by atomic mass is 32.2. The van der Waals surface area contributed by atoms with Crippen molar-refractivity contribution < 1.29 is 22.3 Å². The van der Waals surface area contributed by atoms with Crippen LogP contribution in [0.25, 0.3) is 0 Å². The SMILES string of the molecule is CC(NS(=O)(=O)c1ncccc1F)C(=O)N1CCOCC1. The van der Waals surface area contributed by atoms with Gasteiger partial charge in [0.2, 0.25) is 10.9 Å². The van der Waals surface area contributed by atoms with Gasteiger partial charge in [-0.1, -0.05) is 0 Å². The van der Waals surface area contributed by atoms with Crippen LogP contribution < -0.4 is 4.72 Å². The summed E-state index contributed by atoms with van der Waals surface area (Å²) in [6.45, 7) is 3.06. The van der Waals surface area contributed by atoms with E-state index in [0.29, 0.717) is 26.3 Å². The maximum Gasteiger partial charge on any atom is 0.261 e. The number of carbonyl (C=O) groups excluding carboxylic acids is 1. The second-order valence-electron chi connectivity index (χ2n) is 4.57. The van der Waals surface area contributed by atoms with Crippen molar-refractivity contribution in [3.05, 3.63) is 24.1 Å². The van der Waals surface area contributed by atoms with Crippen molar-refractivity contribution in [3.63, 3.8) is 0 Å². The Balaban J connectivity index is 2.09. The zero-order valence-electron chi connectivity index (χ0n) is 11.5. The van der Waals surface area contributed by atoms with Crippen LogP contribution in [0.5, 0.6) is 0 Å². The number of hydrogen-bond donors (Lipinski definition) is 1. The topological polar surface area (TPSA) is 88.6 Å². The quantitative estimate of drug-likeness (QED) is 0.827. The van der Waals surface area contributed by atoms with Crippen molar-refractivity contribution in [1.82, 2.24) is 14.6 Å². The molecule has 0 aliphatic carbocycles. The second kappa shape index (κ2) is 6.46. The molecule has 1 aliphatic rings. The van der Waals surface area contributed by atoms with E-state index < -0.39 is 26.9 Å². The third-order valence-electron chi connectivity index (χ3n) is 3.00. The minimum Gasteiger partial charge on any atom is -0.378 e. The van der Waals surface area contributed by atoms with Crippen LogP contribution in [0.3, 0.4) is 0 Å². The Labute approximate surface area is 122 Å². The Hall–Kier alpha value is -1.58. The van der Waals surface area contributed by atoms with E-state index in [1.54, 1.807) is 0 Å². The molecule has 1 atom stereocenters. The van der Waals surface area contributed by atoms with Crippen molar-refractivity contribution in [1.29, 1.82) is 0 Å². The van der Waals surface area contributed by atoms with Crippen molar-refractivity contribution in [3.8, 4) is 0 Å². The number of aromatic nitrogens is 1. The maximum absolute atomic E-state index is 13.5. The van der Waals surface area contributed by atoms with E-state index in [-0.39, 0.29) is 5.91 Å². The van der Waals surface area contributed by atoms with Gasteiger partial charge in [0.25, 0.3) is 10.0 Å². The lowest BCUT2D eigenvalue weighted by molar-refractivity contribution is -0.136. The fraction of sp³-hybridized carbons (Fsp3) is 0.500. The number of nitrogens with one attached hydrogen (secondary N) is 1. The molecule has 0 saturated carbocycles. The summed E-state index contributed by atoms with van der Waals surface area (Å²) < 4.78 is 44.9. The van der Waals surface area contributed by atoms with Gasteiger partial charge in [0, 0.05) is 19.3 Å². The van der Waals surface area contributed by atoms with Crippen molar-refractivity contribution in [2.45, 2.75) is 18.0 Å². The molecule has 0 spiro atoms. The van der Waals surface area contributed by atoms with E-state index in [4.69, 9.17) is 4.74 Å². The van der Waals surface area contributed by atoms with E-state index in [9.17, 15) is 17.6 Å². The molecule has 1 aromatic rings. The first-order valence-corrected chi connectivity index (χ1v) is 7.89. The lowest BCUT2D eigenvalue weighted by Gasteiger charge is -2.29. The van der Waals surface area contributed by atoms with Crippen LogP contribution in [0.15, 0.2) is 23.4 Å². The lowest BCUT2D eigenvalue weighted by Crippen LogP contribution is -2.50. The summed E-state index contributed by atoms with van der Waals surface area (Å²) in [4.78, 5) is 17.1. The van der Waals surface area contributed by atoms with Crippen LogP contribution in [0.1, 0.15) is 6.92 Å². The summed E-state index contributed by atoms with van der Waals surface area (Å²) >= 11 is 0. The Morgan fingerprint density at radius 2 is 2.14 bits per heavy atom. The third-order valence-corrected chi connectivity index (χ3v) is 4.48. The van der Waals surface area contributed by atoms with Crippen molar-refractivity contribution in [2.75, 3.05) is 26.3 Å². The average Bonchev–Trinajstić information content (AvgIpc) is 2.47. The molecule has 21 heavy (non-hydrogen) atoms. The van der Waals surface area contributed by atoms with Gasteiger partial charge in [-0.2, -0.15) is 4.72 Å². The molecule has 0 radical (unpaired) electrons. The summed E-state index contributed by atoms with van der Waals surface area (Å²) in [6, 6.07) is 1.28. The summed E-state index contributed by atoms with van der Waals surface area (Å²) in [5, 5.41) is -0.716. The summed E-state index contributed by atoms with van der Waals surface area (Å²) in [5.74, 6) is -1.34. The molecule has 2 heterocycles. The van der Waals surface area contributed by atoms with Crippen LogP contribution in [0.4, 0.5) is 4.39 Å². The molecular formula is C12H16FN3O4S. The average molecular weight is 317 g/mol. The minimum atomic E-state index is -4.19. The largest absolute Gasteiger partial charge is 0.378 e. The Kier molecular flexibility index (Phi) is 4.86. The van der Waals surface area contributed by atoms with E-state index in [0.717, 1.165) is 6.07 Å². The molecule has 116 valence electrons. The molecule has 1 unspecified atom stereocenters. The van der Waals surface area contributed by atoms with Gasteiger partial charge in [0.05, 0.1) is 19.3 Å². The Bertz CT molecular complexity index is 617. The number of rotatable bonds is 4. The first-order valence-electron chi connectivity index (χ1n) is 6.41. The molecule has 1 aromatic heterocycles. The number of carbonyl (C=O) groups is 1. The van der Waals surface area contributed by atoms with Crippen LogP contribution in [-0.2, 0) is 19.6 Å². The first-order chi connectivity index (χ1) is 9.92. The number of amides is 1. The fourth-order valence-electron chi connectivity index (χ4n) is 1.97. The Morgan fingerprint density at radius 1 is 1.48 bits per heavy atom. The molecule has 1 amide bonds. The zero-order chi connectivity index (χ0) is 15.5. The summed E-state index contributed by atoms with van der Waals surface area (Å²) in [5.41, 5.74) is 0. The van der Waals surface area contributed by atoms with Gasteiger partial charge in [-0.15, -0.1) is 0 Å². The molecule has 9 heteroatoms. The number of pyridine rings is 1. The third kappa shape index (κ3) is 3.74. The normalized spacial score (nSPS) is 17.5. The first kappa shape index (κ1) is 15.8. The van der Waals surface area contributed by atoms with Gasteiger partial charge >= 0.3 is 0 Å². The summed E-state index contributed by atoms with van der Waals surface area (Å²) in [6.07, 6.45) is 1.17. The predicted molar refractivity (Wildman–Crippen MR) is 71.4 cm³/mol. The molecule has 7 nitrogen and oxygen atoms in total. The molecule has 1 aliphatic heterocycles. The van der Waals surface area contributed by atoms with Gasteiger partial charge in [0.15, 0.2) is 5.82 Å². The number of nitrogens with zero attached hydrogens (tertiary/aromatic N) is 2. The van der Waals surface area contributed by atoms with E-state index in [1.807, 2.05) is 0 Å². The standard InChI is InChI=1S/C12H16FN3O4S/c1-9(12(17)16-5-7-20-8-6-16)15-21(18,19)11-10(13)3-2-4-14-11/h2-4,9,15H,5-8H2,1H3. The van der Waals surface area contributed by atoms with Crippen LogP contribution in [0, 0.1) is 5.82 Å². The molecule has 0 aromatic carbocycles. The highest BCUT2D eigenvalue weighted by molar-refractivity contribution is 7.89. The zero-order valence-corrected chi connectivity index (χ0v) is 12.3. The van der Waals surface area contributed by atoms with Crippen LogP contribution >= 0.6 is 0 Å². The highest BCUT2D eigenvalue weighted by Gasteiger charge is 2.29. The number of hydrogen-bond acceptors (Lipinski definition) is 5. The second-order valence-corrected chi connectivity index (χ2v) is 6.20. The van der Waals surface area contributed by atoms with E-state index >= 15 is 0 Å². The molecule has 0 bridgehead atoms. The molecule has 1 fully saturated rings. The fourth-order valence-corrected chi connectivity index (χ4v) is 3.17. The van der Waals surface area contributed by atoms with Gasteiger partial charge < -0.3 is 9.64 Å². The number of sulfonamides is 1. The van der Waals surface area contributed by atoms with Gasteiger partial charge in [-0.05, 0) is 19.1 Å².